The predicted molar refractivity (Wildman–Crippen MR) is 157 cm³/mol. The Bertz CT molecular complexity index is 1070. The fourth-order valence-electron chi connectivity index (χ4n) is 5.26. The number of nitrogens with zero attached hydrogens (tertiary/aromatic N) is 3. The van der Waals surface area contributed by atoms with Gasteiger partial charge in [0.05, 0.1) is 22.3 Å². The van der Waals surface area contributed by atoms with Crippen molar-refractivity contribution in [2.45, 2.75) is 59.1 Å². The molecule has 0 bridgehead atoms. The van der Waals surface area contributed by atoms with Gasteiger partial charge < -0.3 is 19.3 Å². The van der Waals surface area contributed by atoms with Crippen LogP contribution in [0.4, 0.5) is 11.4 Å². The van der Waals surface area contributed by atoms with Gasteiger partial charge >= 0.3 is 5.97 Å². The molecule has 0 aromatic heterocycles. The Morgan fingerprint density at radius 1 is 0.974 bits per heavy atom. The minimum absolute atomic E-state index is 0.137. The average molecular weight is 563 g/mol. The number of unbranched alkanes of at least 4 members (excludes halogenated alkanes) is 1. The molecule has 208 valence electrons. The van der Waals surface area contributed by atoms with Gasteiger partial charge in [0.2, 0.25) is 0 Å². The second-order valence-electron chi connectivity index (χ2n) is 10.7. The highest BCUT2D eigenvalue weighted by atomic mass is 35.5. The maximum absolute atomic E-state index is 12.2. The van der Waals surface area contributed by atoms with Crippen molar-refractivity contribution in [3.8, 4) is 5.75 Å². The number of rotatable bonds is 11. The van der Waals surface area contributed by atoms with Crippen LogP contribution < -0.4 is 14.5 Å². The number of aryl methyl sites for hydroxylation is 1. The molecule has 1 saturated heterocycles. The summed E-state index contributed by atoms with van der Waals surface area (Å²) in [7, 11) is 0. The van der Waals surface area contributed by atoms with Gasteiger partial charge in [-0.1, -0.05) is 49.2 Å². The summed E-state index contributed by atoms with van der Waals surface area (Å²) < 4.78 is 11.9. The van der Waals surface area contributed by atoms with Gasteiger partial charge in [-0.2, -0.15) is 0 Å². The summed E-state index contributed by atoms with van der Waals surface area (Å²) >= 11 is 12.6. The summed E-state index contributed by atoms with van der Waals surface area (Å²) in [5, 5.41) is 1.25. The van der Waals surface area contributed by atoms with Gasteiger partial charge in [-0.3, -0.25) is 9.69 Å². The van der Waals surface area contributed by atoms with Crippen LogP contribution in [0.5, 0.6) is 5.75 Å². The van der Waals surface area contributed by atoms with Crippen LogP contribution >= 0.6 is 23.2 Å². The summed E-state index contributed by atoms with van der Waals surface area (Å²) in [6.45, 7) is 12.6. The van der Waals surface area contributed by atoms with Crippen molar-refractivity contribution in [3.63, 3.8) is 0 Å². The molecule has 8 heteroatoms. The lowest BCUT2D eigenvalue weighted by atomic mass is 10.0. The Labute approximate surface area is 237 Å². The van der Waals surface area contributed by atoms with Crippen LogP contribution in [0.3, 0.4) is 0 Å². The third-order valence-electron chi connectivity index (χ3n) is 7.31. The minimum Gasteiger partial charge on any atom is -0.494 e. The van der Waals surface area contributed by atoms with Gasteiger partial charge in [-0.15, -0.1) is 0 Å². The minimum atomic E-state index is -0.286. The molecule has 1 atom stereocenters. The highest BCUT2D eigenvalue weighted by Gasteiger charge is 2.25. The van der Waals surface area contributed by atoms with Crippen LogP contribution in [0.15, 0.2) is 36.4 Å². The van der Waals surface area contributed by atoms with E-state index in [9.17, 15) is 4.79 Å². The van der Waals surface area contributed by atoms with Gasteiger partial charge in [-0.25, -0.2) is 0 Å². The Morgan fingerprint density at radius 3 is 2.53 bits per heavy atom. The van der Waals surface area contributed by atoms with E-state index in [4.69, 9.17) is 32.7 Å². The van der Waals surface area contributed by atoms with Crippen molar-refractivity contribution in [3.05, 3.63) is 52.0 Å². The van der Waals surface area contributed by atoms with Gasteiger partial charge in [0.15, 0.2) is 6.23 Å². The molecule has 2 heterocycles. The van der Waals surface area contributed by atoms with E-state index in [0.717, 1.165) is 82.1 Å². The predicted octanol–water partition coefficient (Wildman–Crippen LogP) is 6.66. The number of ether oxygens (including phenoxy) is 2. The third-order valence-corrected chi connectivity index (χ3v) is 8.12. The topological polar surface area (TPSA) is 45.2 Å². The van der Waals surface area contributed by atoms with E-state index in [2.05, 4.69) is 32.9 Å². The second kappa shape index (κ2) is 13.8. The largest absolute Gasteiger partial charge is 0.494 e. The first-order chi connectivity index (χ1) is 18.3. The quantitative estimate of drug-likeness (QED) is 0.225. The molecule has 0 radical (unpaired) electrons. The lowest BCUT2D eigenvalue weighted by molar-refractivity contribution is -0.149. The number of anilines is 2. The fourth-order valence-corrected chi connectivity index (χ4v) is 5.68. The van der Waals surface area contributed by atoms with Gasteiger partial charge in [0, 0.05) is 50.9 Å². The normalized spacial score (nSPS) is 16.9. The molecule has 38 heavy (non-hydrogen) atoms. The van der Waals surface area contributed by atoms with Crippen molar-refractivity contribution in [2.75, 3.05) is 55.7 Å². The molecule has 1 unspecified atom stereocenters. The van der Waals surface area contributed by atoms with E-state index in [-0.39, 0.29) is 12.2 Å². The van der Waals surface area contributed by atoms with Crippen LogP contribution in [0.2, 0.25) is 10.0 Å². The van der Waals surface area contributed by atoms with E-state index >= 15 is 0 Å². The molecule has 0 spiro atoms. The first-order valence-corrected chi connectivity index (χ1v) is 14.7. The van der Waals surface area contributed by atoms with Crippen LogP contribution in [0.1, 0.15) is 52.0 Å². The van der Waals surface area contributed by atoms with Crippen LogP contribution in [0, 0.1) is 5.92 Å². The number of fused-ring (bicyclic) bond motifs is 1. The lowest BCUT2D eigenvalue weighted by Gasteiger charge is -2.36. The third kappa shape index (κ3) is 7.71. The standard InChI is InChI=1S/C30H41Cl2N3O3/c1-22(2)20-29(36)38-23(3)35-14-7-8-24-11-12-25(21-28(24)35)37-19-5-4-13-33-15-17-34(18-16-33)27-10-6-9-26(31)30(27)32/h6,9-12,21-23H,4-5,7-8,13-20H2,1-3H3. The molecular weight excluding hydrogens is 521 g/mol. The van der Waals surface area contributed by atoms with E-state index in [1.807, 2.05) is 39.0 Å². The van der Waals surface area contributed by atoms with Crippen molar-refractivity contribution in [1.29, 1.82) is 0 Å². The summed E-state index contributed by atoms with van der Waals surface area (Å²) in [4.78, 5) is 19.2. The van der Waals surface area contributed by atoms with Crippen molar-refractivity contribution in [2.24, 2.45) is 5.92 Å². The number of esters is 1. The Morgan fingerprint density at radius 2 is 1.76 bits per heavy atom. The maximum Gasteiger partial charge on any atom is 0.307 e. The van der Waals surface area contributed by atoms with Crippen LogP contribution in [-0.2, 0) is 16.0 Å². The number of carbonyl (C=O) groups excluding carboxylic acids is 1. The molecule has 6 nitrogen and oxygen atoms in total. The molecule has 0 amide bonds. The first-order valence-electron chi connectivity index (χ1n) is 13.9. The van der Waals surface area contributed by atoms with Gasteiger partial charge in [0.1, 0.15) is 5.75 Å². The summed E-state index contributed by atoms with van der Waals surface area (Å²) in [5.41, 5.74) is 3.43. The van der Waals surface area contributed by atoms with Crippen LogP contribution in [-0.4, -0.2) is 63.0 Å². The Hall–Kier alpha value is -2.15. The van der Waals surface area contributed by atoms with Gasteiger partial charge in [0.25, 0.3) is 0 Å². The number of hydrogen-bond donors (Lipinski definition) is 0. The Kier molecular flexibility index (Phi) is 10.5. The number of hydrogen-bond acceptors (Lipinski definition) is 6. The zero-order valence-corrected chi connectivity index (χ0v) is 24.4. The maximum atomic E-state index is 12.2. The van der Waals surface area contributed by atoms with Crippen molar-refractivity contribution < 1.29 is 14.3 Å². The molecule has 4 rings (SSSR count). The Balaban J connectivity index is 1.20. The number of piperazine rings is 1. The average Bonchev–Trinajstić information content (AvgIpc) is 2.89. The molecule has 0 saturated carbocycles. The molecule has 0 aliphatic carbocycles. The molecule has 0 N–H and O–H groups in total. The molecule has 2 aliphatic rings. The number of halogens is 2. The highest BCUT2D eigenvalue weighted by molar-refractivity contribution is 6.43. The van der Waals surface area contributed by atoms with Crippen LogP contribution in [0.25, 0.3) is 0 Å². The van der Waals surface area contributed by atoms with Crippen molar-refractivity contribution in [1.82, 2.24) is 4.90 Å². The zero-order chi connectivity index (χ0) is 27.1. The second-order valence-corrected chi connectivity index (χ2v) is 11.5. The fraction of sp³-hybridized carbons (Fsp3) is 0.567. The van der Waals surface area contributed by atoms with E-state index in [1.54, 1.807) is 0 Å². The first kappa shape index (κ1) is 28.8. The molecule has 2 aliphatic heterocycles. The molecule has 2 aromatic rings. The van der Waals surface area contributed by atoms with E-state index in [0.29, 0.717) is 29.0 Å². The molecule has 1 fully saturated rings. The van der Waals surface area contributed by atoms with Crippen molar-refractivity contribution >= 4 is 40.5 Å². The molecule has 2 aromatic carbocycles. The lowest BCUT2D eigenvalue weighted by Crippen LogP contribution is -2.46. The summed E-state index contributed by atoms with van der Waals surface area (Å²) in [6, 6.07) is 12.2. The smallest absolute Gasteiger partial charge is 0.307 e. The van der Waals surface area contributed by atoms with E-state index in [1.165, 1.54) is 5.56 Å². The SMILES string of the molecule is CC(C)CC(=O)OC(C)N1CCCc2ccc(OCCCCN3CCN(c4cccc(Cl)c4Cl)CC3)cc21. The summed E-state index contributed by atoms with van der Waals surface area (Å²) in [6.07, 6.45) is 4.35. The van der Waals surface area contributed by atoms with Gasteiger partial charge in [-0.05, 0) is 68.8 Å². The summed E-state index contributed by atoms with van der Waals surface area (Å²) in [5.74, 6) is 1.03. The van der Waals surface area contributed by atoms with E-state index < -0.39 is 0 Å². The highest BCUT2D eigenvalue weighted by Crippen LogP contribution is 2.34. The number of benzene rings is 2. The number of carbonyl (C=O) groups is 1. The molecular formula is C30H41Cl2N3O3. The zero-order valence-electron chi connectivity index (χ0n) is 22.9. The monoisotopic (exact) mass is 561 g/mol.